The standard InChI is InChI=1S/C21H27FN4O/c1-2-24-11-13-25(14-12-24)21(27)19-18-9-4-3-5-10-26(18)20(23-19)16-7-6-8-17(22)15-16/h6-8,15H,2-5,9-14H2,1H3. The van der Waals surface area contributed by atoms with Crippen molar-refractivity contribution in [1.82, 2.24) is 19.4 Å². The summed E-state index contributed by atoms with van der Waals surface area (Å²) in [7, 11) is 0. The highest BCUT2D eigenvalue weighted by atomic mass is 19.1. The van der Waals surface area contributed by atoms with Gasteiger partial charge in [-0.3, -0.25) is 4.79 Å². The highest BCUT2D eigenvalue weighted by Gasteiger charge is 2.29. The van der Waals surface area contributed by atoms with Crippen LogP contribution in [0.3, 0.4) is 0 Å². The first-order valence-corrected chi connectivity index (χ1v) is 10.0. The third kappa shape index (κ3) is 3.63. The van der Waals surface area contributed by atoms with Gasteiger partial charge in [-0.15, -0.1) is 0 Å². The minimum Gasteiger partial charge on any atom is -0.335 e. The molecule has 3 heterocycles. The van der Waals surface area contributed by atoms with Crippen molar-refractivity contribution in [3.05, 3.63) is 41.5 Å². The minimum atomic E-state index is -0.276. The maximum atomic E-state index is 13.8. The molecular formula is C21H27FN4O. The Kier molecular flexibility index (Phi) is 5.25. The van der Waals surface area contributed by atoms with Crippen LogP contribution in [0.4, 0.5) is 4.39 Å². The largest absolute Gasteiger partial charge is 0.335 e. The number of hydrogen-bond acceptors (Lipinski definition) is 3. The number of likely N-dealkylation sites (N-methyl/N-ethyl adjacent to an activating group) is 1. The fourth-order valence-electron chi connectivity index (χ4n) is 4.16. The molecule has 6 heteroatoms. The summed E-state index contributed by atoms with van der Waals surface area (Å²) in [5.74, 6) is 0.475. The van der Waals surface area contributed by atoms with E-state index in [1.807, 2.05) is 11.0 Å². The average Bonchev–Trinajstić information content (AvgIpc) is 2.88. The smallest absolute Gasteiger partial charge is 0.274 e. The van der Waals surface area contributed by atoms with Gasteiger partial charge in [-0.2, -0.15) is 0 Å². The lowest BCUT2D eigenvalue weighted by atomic mass is 10.1. The average molecular weight is 370 g/mol. The number of rotatable bonds is 3. The molecule has 2 aliphatic rings. The van der Waals surface area contributed by atoms with Gasteiger partial charge in [0.05, 0.1) is 5.69 Å². The van der Waals surface area contributed by atoms with E-state index in [4.69, 9.17) is 4.98 Å². The van der Waals surface area contributed by atoms with Crippen LogP contribution in [0, 0.1) is 5.82 Å². The van der Waals surface area contributed by atoms with Gasteiger partial charge in [-0.05, 0) is 37.9 Å². The topological polar surface area (TPSA) is 41.4 Å². The van der Waals surface area contributed by atoms with E-state index in [0.717, 1.165) is 82.0 Å². The SMILES string of the molecule is CCN1CCN(C(=O)c2nc(-c3cccc(F)c3)n3c2CCCCC3)CC1. The summed E-state index contributed by atoms with van der Waals surface area (Å²) in [6, 6.07) is 6.52. The van der Waals surface area contributed by atoms with Crippen LogP contribution in [0.25, 0.3) is 11.4 Å². The number of hydrogen-bond donors (Lipinski definition) is 0. The van der Waals surface area contributed by atoms with Crippen LogP contribution in [0.1, 0.15) is 42.4 Å². The number of piperazine rings is 1. The van der Waals surface area contributed by atoms with Gasteiger partial charge < -0.3 is 14.4 Å². The molecule has 0 aliphatic carbocycles. The van der Waals surface area contributed by atoms with E-state index in [0.29, 0.717) is 5.69 Å². The zero-order valence-corrected chi connectivity index (χ0v) is 16.0. The quantitative estimate of drug-likeness (QED) is 0.833. The third-order valence-electron chi connectivity index (χ3n) is 5.76. The third-order valence-corrected chi connectivity index (χ3v) is 5.76. The molecule has 0 saturated carbocycles. The second-order valence-electron chi connectivity index (χ2n) is 7.43. The lowest BCUT2D eigenvalue weighted by Gasteiger charge is -2.33. The molecule has 1 aromatic heterocycles. The Labute approximate surface area is 159 Å². The molecule has 1 aromatic carbocycles. The number of aromatic nitrogens is 2. The van der Waals surface area contributed by atoms with Gasteiger partial charge in [-0.1, -0.05) is 25.5 Å². The zero-order valence-electron chi connectivity index (χ0n) is 16.0. The zero-order chi connectivity index (χ0) is 18.8. The Balaban J connectivity index is 1.69. The summed E-state index contributed by atoms with van der Waals surface area (Å²) in [5.41, 5.74) is 2.34. The molecule has 5 nitrogen and oxygen atoms in total. The van der Waals surface area contributed by atoms with Crippen LogP contribution in [-0.4, -0.2) is 58.0 Å². The molecule has 1 saturated heterocycles. The Morgan fingerprint density at radius 3 is 2.67 bits per heavy atom. The summed E-state index contributed by atoms with van der Waals surface area (Å²) in [6.07, 6.45) is 4.14. The van der Waals surface area contributed by atoms with Gasteiger partial charge in [0.15, 0.2) is 0 Å². The molecule has 0 unspecified atom stereocenters. The summed E-state index contributed by atoms with van der Waals surface area (Å²) < 4.78 is 15.9. The van der Waals surface area contributed by atoms with E-state index in [1.165, 1.54) is 12.1 Å². The van der Waals surface area contributed by atoms with Crippen LogP contribution in [0.2, 0.25) is 0 Å². The molecule has 1 amide bonds. The molecule has 27 heavy (non-hydrogen) atoms. The molecule has 4 rings (SSSR count). The number of carbonyl (C=O) groups is 1. The Morgan fingerprint density at radius 2 is 1.93 bits per heavy atom. The summed E-state index contributed by atoms with van der Waals surface area (Å²) in [4.78, 5) is 22.3. The van der Waals surface area contributed by atoms with Crippen LogP contribution in [0.5, 0.6) is 0 Å². The number of benzene rings is 1. The van der Waals surface area contributed by atoms with Crippen LogP contribution >= 0.6 is 0 Å². The van der Waals surface area contributed by atoms with Crippen LogP contribution in [0.15, 0.2) is 24.3 Å². The van der Waals surface area contributed by atoms with E-state index < -0.39 is 0 Å². The second-order valence-corrected chi connectivity index (χ2v) is 7.43. The van der Waals surface area contributed by atoms with Gasteiger partial charge >= 0.3 is 0 Å². The monoisotopic (exact) mass is 370 g/mol. The van der Waals surface area contributed by atoms with Crippen molar-refractivity contribution in [2.75, 3.05) is 32.7 Å². The Bertz CT molecular complexity index is 824. The Morgan fingerprint density at radius 1 is 1.11 bits per heavy atom. The van der Waals surface area contributed by atoms with Crippen molar-refractivity contribution in [1.29, 1.82) is 0 Å². The van der Waals surface area contributed by atoms with Crippen LogP contribution < -0.4 is 0 Å². The maximum absolute atomic E-state index is 13.8. The van der Waals surface area contributed by atoms with E-state index in [-0.39, 0.29) is 11.7 Å². The highest BCUT2D eigenvalue weighted by molar-refractivity contribution is 5.94. The number of nitrogens with zero attached hydrogens (tertiary/aromatic N) is 4. The van der Waals surface area contributed by atoms with E-state index in [1.54, 1.807) is 6.07 Å². The van der Waals surface area contributed by atoms with Crippen molar-refractivity contribution in [2.24, 2.45) is 0 Å². The van der Waals surface area contributed by atoms with Gasteiger partial charge in [0.2, 0.25) is 0 Å². The van der Waals surface area contributed by atoms with Crippen molar-refractivity contribution >= 4 is 5.91 Å². The number of carbonyl (C=O) groups excluding carboxylic acids is 1. The molecule has 144 valence electrons. The predicted molar refractivity (Wildman–Crippen MR) is 103 cm³/mol. The second kappa shape index (κ2) is 7.80. The normalized spacial score (nSPS) is 18.2. The highest BCUT2D eigenvalue weighted by Crippen LogP contribution is 2.28. The molecule has 0 atom stereocenters. The van der Waals surface area contributed by atoms with Crippen LogP contribution in [-0.2, 0) is 13.0 Å². The first-order chi connectivity index (χ1) is 13.2. The van der Waals surface area contributed by atoms with E-state index in [2.05, 4.69) is 16.4 Å². The lowest BCUT2D eigenvalue weighted by molar-refractivity contribution is 0.0637. The predicted octanol–water partition coefficient (Wildman–Crippen LogP) is 3.19. The first-order valence-electron chi connectivity index (χ1n) is 10.0. The molecule has 0 spiro atoms. The number of amides is 1. The molecule has 2 aliphatic heterocycles. The summed E-state index contributed by atoms with van der Waals surface area (Å²) in [5, 5.41) is 0. The number of fused-ring (bicyclic) bond motifs is 1. The summed E-state index contributed by atoms with van der Waals surface area (Å²) >= 11 is 0. The molecule has 2 aromatic rings. The number of imidazole rings is 1. The van der Waals surface area contributed by atoms with E-state index in [9.17, 15) is 9.18 Å². The Hall–Kier alpha value is -2.21. The fourth-order valence-corrected chi connectivity index (χ4v) is 4.16. The minimum absolute atomic E-state index is 0.0269. The van der Waals surface area contributed by atoms with Gasteiger partial charge in [0.25, 0.3) is 5.91 Å². The molecular weight excluding hydrogens is 343 g/mol. The van der Waals surface area contributed by atoms with Gasteiger partial charge in [0.1, 0.15) is 17.3 Å². The molecule has 0 N–H and O–H groups in total. The summed E-state index contributed by atoms with van der Waals surface area (Å²) in [6.45, 7) is 7.32. The van der Waals surface area contributed by atoms with Gasteiger partial charge in [-0.25, -0.2) is 9.37 Å². The molecule has 1 fully saturated rings. The fraction of sp³-hybridized carbons (Fsp3) is 0.524. The lowest BCUT2D eigenvalue weighted by Crippen LogP contribution is -2.48. The first kappa shape index (κ1) is 18.2. The van der Waals surface area contributed by atoms with Crippen molar-refractivity contribution in [2.45, 2.75) is 39.2 Å². The van der Waals surface area contributed by atoms with Crippen molar-refractivity contribution < 1.29 is 9.18 Å². The number of halogens is 1. The van der Waals surface area contributed by atoms with E-state index >= 15 is 0 Å². The molecule has 0 bridgehead atoms. The molecule has 0 radical (unpaired) electrons. The van der Waals surface area contributed by atoms with Crippen molar-refractivity contribution in [3.8, 4) is 11.4 Å². The maximum Gasteiger partial charge on any atom is 0.274 e. The van der Waals surface area contributed by atoms with Crippen molar-refractivity contribution in [3.63, 3.8) is 0 Å². The van der Waals surface area contributed by atoms with Gasteiger partial charge in [0, 0.05) is 38.3 Å².